The van der Waals surface area contributed by atoms with E-state index >= 15 is 0 Å². The lowest BCUT2D eigenvalue weighted by Crippen LogP contribution is -2.90. The molecule has 116 valence electrons. The first kappa shape index (κ1) is 17.0. The van der Waals surface area contributed by atoms with Gasteiger partial charge >= 0.3 is 0 Å². The minimum atomic E-state index is -0.417. The summed E-state index contributed by atoms with van der Waals surface area (Å²) in [4.78, 5) is 24.4. The van der Waals surface area contributed by atoms with Crippen LogP contribution in [-0.2, 0) is 9.59 Å². The summed E-state index contributed by atoms with van der Waals surface area (Å²) in [5.41, 5.74) is -0.417. The Bertz CT molecular complexity index is 348. The summed E-state index contributed by atoms with van der Waals surface area (Å²) >= 11 is 0. The molecular formula is C15H30N3O2+. The van der Waals surface area contributed by atoms with Crippen LogP contribution < -0.4 is 16.0 Å². The van der Waals surface area contributed by atoms with E-state index in [9.17, 15) is 9.59 Å². The molecule has 0 aromatic rings. The maximum Gasteiger partial charge on any atom is 0.230 e. The molecule has 0 aromatic carbocycles. The highest BCUT2D eigenvalue weighted by Crippen LogP contribution is 2.16. The van der Waals surface area contributed by atoms with Crippen LogP contribution in [0.1, 0.15) is 41.0 Å². The summed E-state index contributed by atoms with van der Waals surface area (Å²) in [6.07, 6.45) is 0.849. The van der Waals surface area contributed by atoms with Crippen LogP contribution in [0, 0.1) is 17.3 Å². The van der Waals surface area contributed by atoms with E-state index < -0.39 is 5.41 Å². The minimum absolute atomic E-state index is 0.0195. The fraction of sp³-hybridized carbons (Fsp3) is 0.867. The molecule has 0 saturated carbocycles. The average molecular weight is 284 g/mol. The van der Waals surface area contributed by atoms with E-state index in [-0.39, 0.29) is 23.8 Å². The van der Waals surface area contributed by atoms with Crippen molar-refractivity contribution in [3.63, 3.8) is 0 Å². The molecule has 4 N–H and O–H groups in total. The Balaban J connectivity index is 2.62. The Morgan fingerprint density at radius 1 is 1.30 bits per heavy atom. The number of hydrogen-bond donors (Lipinski definition) is 3. The molecular weight excluding hydrogens is 254 g/mol. The second-order valence-corrected chi connectivity index (χ2v) is 7.18. The largest absolute Gasteiger partial charge is 0.355 e. The summed E-state index contributed by atoms with van der Waals surface area (Å²) in [5, 5.41) is 8.19. The highest BCUT2D eigenvalue weighted by Gasteiger charge is 2.36. The van der Waals surface area contributed by atoms with Crippen LogP contribution in [0.5, 0.6) is 0 Å². The lowest BCUT2D eigenvalue weighted by molar-refractivity contribution is -0.667. The van der Waals surface area contributed by atoms with E-state index in [0.717, 1.165) is 19.5 Å². The third-order valence-corrected chi connectivity index (χ3v) is 3.61. The van der Waals surface area contributed by atoms with Crippen LogP contribution in [0.25, 0.3) is 0 Å². The van der Waals surface area contributed by atoms with Gasteiger partial charge in [-0.05, 0) is 5.92 Å². The average Bonchev–Trinajstić information content (AvgIpc) is 2.35. The van der Waals surface area contributed by atoms with Gasteiger partial charge in [0, 0.05) is 18.4 Å². The Hall–Kier alpha value is -1.10. The lowest BCUT2D eigenvalue weighted by Gasteiger charge is -2.32. The number of rotatable bonds is 4. The molecule has 2 atom stereocenters. The summed E-state index contributed by atoms with van der Waals surface area (Å²) in [6, 6.07) is -0.0427. The molecule has 0 bridgehead atoms. The first-order chi connectivity index (χ1) is 9.21. The smallest absolute Gasteiger partial charge is 0.230 e. The van der Waals surface area contributed by atoms with Crippen molar-refractivity contribution >= 4 is 11.8 Å². The van der Waals surface area contributed by atoms with Gasteiger partial charge in [-0.1, -0.05) is 34.6 Å². The van der Waals surface area contributed by atoms with E-state index in [1.807, 2.05) is 20.8 Å². The maximum absolute atomic E-state index is 12.3. The second kappa shape index (κ2) is 7.07. The monoisotopic (exact) mass is 284 g/mol. The third-order valence-electron chi connectivity index (χ3n) is 3.61. The first-order valence-corrected chi connectivity index (χ1v) is 7.62. The van der Waals surface area contributed by atoms with Gasteiger partial charge in [0.2, 0.25) is 11.8 Å². The number of nitrogens with two attached hydrogens (primary N) is 1. The lowest BCUT2D eigenvalue weighted by atomic mass is 9.89. The molecule has 0 radical (unpaired) electrons. The number of carbonyl (C=O) groups excluding carboxylic acids is 2. The highest BCUT2D eigenvalue weighted by atomic mass is 16.2. The molecule has 2 amide bonds. The van der Waals surface area contributed by atoms with Gasteiger partial charge in [0.1, 0.15) is 5.92 Å². The van der Waals surface area contributed by atoms with Gasteiger partial charge in [0.25, 0.3) is 0 Å². The molecule has 5 heteroatoms. The molecule has 20 heavy (non-hydrogen) atoms. The van der Waals surface area contributed by atoms with Crippen LogP contribution in [0.2, 0.25) is 0 Å². The van der Waals surface area contributed by atoms with Gasteiger partial charge in [0.15, 0.2) is 0 Å². The van der Waals surface area contributed by atoms with Gasteiger partial charge in [-0.3, -0.25) is 9.59 Å². The SMILES string of the molecule is CC(C)CNC(=O)[C@H]1C[NH2+]CC[C@@H]1NC(=O)C(C)(C)C. The number of nitrogens with one attached hydrogen (secondary N) is 2. The zero-order valence-electron chi connectivity index (χ0n) is 13.5. The predicted molar refractivity (Wildman–Crippen MR) is 79.0 cm³/mol. The first-order valence-electron chi connectivity index (χ1n) is 7.62. The van der Waals surface area contributed by atoms with Crippen LogP contribution >= 0.6 is 0 Å². The van der Waals surface area contributed by atoms with E-state index in [1.165, 1.54) is 0 Å². The molecule has 0 aliphatic carbocycles. The zero-order chi connectivity index (χ0) is 15.3. The van der Waals surface area contributed by atoms with Crippen molar-refractivity contribution in [1.82, 2.24) is 10.6 Å². The summed E-state index contributed by atoms with van der Waals surface area (Å²) < 4.78 is 0. The van der Waals surface area contributed by atoms with Gasteiger partial charge in [0.05, 0.1) is 19.1 Å². The highest BCUT2D eigenvalue weighted by molar-refractivity contribution is 5.84. The fourth-order valence-corrected chi connectivity index (χ4v) is 2.24. The number of piperidine rings is 1. The molecule has 0 unspecified atom stereocenters. The molecule has 0 aromatic heterocycles. The molecule has 0 spiro atoms. The quantitative estimate of drug-likeness (QED) is 0.673. The maximum atomic E-state index is 12.3. The van der Waals surface area contributed by atoms with E-state index in [4.69, 9.17) is 0 Å². The van der Waals surface area contributed by atoms with Gasteiger partial charge < -0.3 is 16.0 Å². The standard InChI is InChI=1S/C15H29N3O2/c1-10(2)8-17-13(19)11-9-16-7-6-12(11)18-14(20)15(3,4)5/h10-12,16H,6-9H2,1-5H3,(H,17,19)(H,18,20)/p+1/t11-,12-/m0/s1. The third kappa shape index (κ3) is 5.12. The summed E-state index contributed by atoms with van der Waals surface area (Å²) in [7, 11) is 0. The van der Waals surface area contributed by atoms with E-state index in [1.54, 1.807) is 0 Å². The van der Waals surface area contributed by atoms with Crippen molar-refractivity contribution in [2.75, 3.05) is 19.6 Å². The molecule has 1 aliphatic heterocycles. The van der Waals surface area contributed by atoms with E-state index in [0.29, 0.717) is 12.5 Å². The Labute approximate surface area is 122 Å². The molecule has 1 aliphatic rings. The number of amides is 2. The summed E-state index contributed by atoms with van der Waals surface area (Å²) in [6.45, 7) is 12.2. The molecule has 1 fully saturated rings. The van der Waals surface area contributed by atoms with Gasteiger partial charge in [-0.25, -0.2) is 0 Å². The molecule has 1 saturated heterocycles. The van der Waals surface area contributed by atoms with Crippen molar-refractivity contribution < 1.29 is 14.9 Å². The minimum Gasteiger partial charge on any atom is -0.355 e. The Morgan fingerprint density at radius 2 is 1.95 bits per heavy atom. The van der Waals surface area contributed by atoms with E-state index in [2.05, 4.69) is 29.8 Å². The topological polar surface area (TPSA) is 74.8 Å². The normalized spacial score (nSPS) is 23.5. The fourth-order valence-electron chi connectivity index (χ4n) is 2.24. The zero-order valence-corrected chi connectivity index (χ0v) is 13.5. The van der Waals surface area contributed by atoms with Crippen molar-refractivity contribution in [3.05, 3.63) is 0 Å². The van der Waals surface area contributed by atoms with Gasteiger partial charge in [-0.15, -0.1) is 0 Å². The number of quaternary nitrogens is 1. The van der Waals surface area contributed by atoms with Crippen LogP contribution in [0.3, 0.4) is 0 Å². The number of carbonyl (C=O) groups is 2. The molecule has 5 nitrogen and oxygen atoms in total. The van der Waals surface area contributed by atoms with Crippen molar-refractivity contribution in [2.24, 2.45) is 17.3 Å². The van der Waals surface area contributed by atoms with Crippen LogP contribution in [0.15, 0.2) is 0 Å². The van der Waals surface area contributed by atoms with Crippen LogP contribution in [0.4, 0.5) is 0 Å². The van der Waals surface area contributed by atoms with Gasteiger partial charge in [-0.2, -0.15) is 0 Å². The molecule has 1 heterocycles. The molecule has 1 rings (SSSR count). The predicted octanol–water partition coefficient (Wildman–Crippen LogP) is -0.127. The number of hydrogen-bond acceptors (Lipinski definition) is 2. The van der Waals surface area contributed by atoms with Crippen molar-refractivity contribution in [2.45, 2.75) is 47.1 Å². The summed E-state index contributed by atoms with van der Waals surface area (Å²) in [5.74, 6) is 0.392. The van der Waals surface area contributed by atoms with Crippen molar-refractivity contribution in [3.8, 4) is 0 Å². The van der Waals surface area contributed by atoms with Crippen molar-refractivity contribution in [1.29, 1.82) is 0 Å². The Morgan fingerprint density at radius 3 is 2.50 bits per heavy atom. The van der Waals surface area contributed by atoms with Crippen LogP contribution in [-0.4, -0.2) is 37.5 Å². The Kier molecular flexibility index (Phi) is 5.99. The second-order valence-electron chi connectivity index (χ2n) is 7.18.